The van der Waals surface area contributed by atoms with Crippen molar-refractivity contribution in [1.82, 2.24) is 20.5 Å². The summed E-state index contributed by atoms with van der Waals surface area (Å²) in [5.74, 6) is 1.90. The molecule has 4 N–H and O–H groups in total. The second kappa shape index (κ2) is 9.43. The number of aryl methyl sites for hydroxylation is 1. The molecule has 3 aromatic rings. The Morgan fingerprint density at radius 2 is 1.83 bits per heavy atom. The van der Waals surface area contributed by atoms with Crippen molar-refractivity contribution in [3.8, 4) is 11.3 Å². The van der Waals surface area contributed by atoms with Gasteiger partial charge in [-0.3, -0.25) is 0 Å². The SMILES string of the molecule is CNCC1CCC(C2NC(c3ccc4c(C)cc(-c5ccccc5)nc4c3)=C3C(N)=NC=CN32)CC1. The summed E-state index contributed by atoms with van der Waals surface area (Å²) in [5, 5.41) is 8.39. The number of amidine groups is 1. The van der Waals surface area contributed by atoms with Gasteiger partial charge in [-0.1, -0.05) is 42.5 Å². The Morgan fingerprint density at radius 3 is 2.61 bits per heavy atom. The second-order valence-corrected chi connectivity index (χ2v) is 10.3. The molecular formula is C30H34N6. The molecule has 1 saturated carbocycles. The van der Waals surface area contributed by atoms with E-state index in [0.29, 0.717) is 11.8 Å². The van der Waals surface area contributed by atoms with E-state index in [1.165, 1.54) is 36.6 Å². The van der Waals surface area contributed by atoms with Crippen LogP contribution < -0.4 is 16.4 Å². The standard InChI is InChI=1S/C30H34N6/c1-19-16-25(21-6-4-3-5-7-21)34-26-17-23(12-13-24(19)26)27-28-29(31)33-14-15-36(28)30(35-27)22-10-8-20(9-11-22)18-32-2/h3-7,12-17,20,22,30,32,35H,8-11,18H2,1-2H3,(H2,31,33). The lowest BCUT2D eigenvalue weighted by atomic mass is 9.80. The molecule has 1 unspecified atom stereocenters. The smallest absolute Gasteiger partial charge is 0.149 e. The number of nitrogens with zero attached hydrogens (tertiary/aromatic N) is 3. The zero-order valence-electron chi connectivity index (χ0n) is 21.0. The lowest BCUT2D eigenvalue weighted by molar-refractivity contribution is 0.168. The molecule has 0 amide bonds. The molecule has 1 aromatic heterocycles. The van der Waals surface area contributed by atoms with Crippen molar-refractivity contribution < 1.29 is 0 Å². The number of aliphatic imine (C=N–C) groups is 1. The molecule has 0 spiro atoms. The van der Waals surface area contributed by atoms with Gasteiger partial charge in [-0.2, -0.15) is 0 Å². The number of nitrogens with two attached hydrogens (primary N) is 1. The molecule has 3 aliphatic rings. The molecule has 6 heteroatoms. The average Bonchev–Trinajstić information content (AvgIpc) is 3.30. The van der Waals surface area contributed by atoms with Gasteiger partial charge in [0.25, 0.3) is 0 Å². The molecule has 0 radical (unpaired) electrons. The molecule has 0 saturated heterocycles. The van der Waals surface area contributed by atoms with Crippen LogP contribution in [0, 0.1) is 18.8 Å². The van der Waals surface area contributed by atoms with Crippen molar-refractivity contribution in [2.75, 3.05) is 13.6 Å². The zero-order valence-corrected chi connectivity index (χ0v) is 21.0. The Hall–Kier alpha value is -3.64. The third-order valence-corrected chi connectivity index (χ3v) is 7.98. The van der Waals surface area contributed by atoms with Crippen LogP contribution >= 0.6 is 0 Å². The molecule has 1 atom stereocenters. The van der Waals surface area contributed by atoms with Gasteiger partial charge in [0, 0.05) is 28.9 Å². The van der Waals surface area contributed by atoms with Crippen LogP contribution in [0.3, 0.4) is 0 Å². The Morgan fingerprint density at radius 1 is 1.03 bits per heavy atom. The summed E-state index contributed by atoms with van der Waals surface area (Å²) >= 11 is 0. The van der Waals surface area contributed by atoms with Crippen LogP contribution in [0.25, 0.3) is 27.9 Å². The Bertz CT molecular complexity index is 1360. The molecule has 0 bridgehead atoms. The van der Waals surface area contributed by atoms with Gasteiger partial charge in [-0.05, 0) is 75.7 Å². The molecular weight excluding hydrogens is 444 g/mol. The van der Waals surface area contributed by atoms with Crippen LogP contribution in [0.2, 0.25) is 0 Å². The van der Waals surface area contributed by atoms with Crippen LogP contribution in [0.15, 0.2) is 77.7 Å². The highest BCUT2D eigenvalue weighted by Crippen LogP contribution is 2.39. The quantitative estimate of drug-likeness (QED) is 0.482. The van der Waals surface area contributed by atoms with Gasteiger partial charge >= 0.3 is 0 Å². The highest BCUT2D eigenvalue weighted by molar-refractivity contribution is 6.05. The summed E-state index contributed by atoms with van der Waals surface area (Å²) in [5.41, 5.74) is 13.9. The number of rotatable bonds is 5. The number of hydrogen-bond donors (Lipinski definition) is 3. The highest BCUT2D eigenvalue weighted by Gasteiger charge is 2.39. The molecule has 6 nitrogen and oxygen atoms in total. The summed E-state index contributed by atoms with van der Waals surface area (Å²) in [6.07, 6.45) is 9.04. The topological polar surface area (TPSA) is 78.6 Å². The van der Waals surface area contributed by atoms with Gasteiger partial charge in [0.2, 0.25) is 0 Å². The lowest BCUT2D eigenvalue weighted by Gasteiger charge is -2.37. The van der Waals surface area contributed by atoms with Crippen molar-refractivity contribution >= 4 is 22.4 Å². The number of pyridine rings is 1. The van der Waals surface area contributed by atoms with Gasteiger partial charge in [-0.25, -0.2) is 9.98 Å². The predicted octanol–water partition coefficient (Wildman–Crippen LogP) is 4.98. The van der Waals surface area contributed by atoms with Crippen molar-refractivity contribution in [2.24, 2.45) is 22.6 Å². The fourth-order valence-corrected chi connectivity index (χ4v) is 6.10. The van der Waals surface area contributed by atoms with Crippen molar-refractivity contribution in [3.05, 3.63) is 83.8 Å². The van der Waals surface area contributed by atoms with Crippen LogP contribution in [0.5, 0.6) is 0 Å². The van der Waals surface area contributed by atoms with E-state index in [1.54, 1.807) is 0 Å². The van der Waals surface area contributed by atoms with Crippen molar-refractivity contribution in [2.45, 2.75) is 38.8 Å². The van der Waals surface area contributed by atoms with Crippen LogP contribution in [0.4, 0.5) is 0 Å². The molecule has 36 heavy (non-hydrogen) atoms. The third kappa shape index (κ3) is 4.05. The first-order chi connectivity index (χ1) is 17.6. The molecule has 184 valence electrons. The van der Waals surface area contributed by atoms with E-state index in [-0.39, 0.29) is 6.17 Å². The van der Waals surface area contributed by atoms with Gasteiger partial charge < -0.3 is 21.3 Å². The monoisotopic (exact) mass is 478 g/mol. The summed E-state index contributed by atoms with van der Waals surface area (Å²) in [6, 6.07) is 19.1. The maximum absolute atomic E-state index is 6.47. The normalized spacial score (nSPS) is 23.6. The van der Waals surface area contributed by atoms with E-state index in [9.17, 15) is 0 Å². The van der Waals surface area contributed by atoms with E-state index in [1.807, 2.05) is 12.3 Å². The number of fused-ring (bicyclic) bond motifs is 2. The van der Waals surface area contributed by atoms with E-state index >= 15 is 0 Å². The van der Waals surface area contributed by atoms with Crippen LogP contribution in [0.1, 0.15) is 36.8 Å². The summed E-state index contributed by atoms with van der Waals surface area (Å²) in [7, 11) is 2.05. The zero-order chi connectivity index (χ0) is 24.6. The maximum Gasteiger partial charge on any atom is 0.149 e. The van der Waals surface area contributed by atoms with Crippen molar-refractivity contribution in [1.29, 1.82) is 0 Å². The number of hydrogen-bond acceptors (Lipinski definition) is 6. The van der Waals surface area contributed by atoms with Gasteiger partial charge in [0.05, 0.1) is 16.9 Å². The van der Waals surface area contributed by atoms with E-state index in [4.69, 9.17) is 10.7 Å². The lowest BCUT2D eigenvalue weighted by Crippen LogP contribution is -2.44. The largest absolute Gasteiger partial charge is 0.382 e. The van der Waals surface area contributed by atoms with E-state index in [0.717, 1.165) is 46.2 Å². The fourth-order valence-electron chi connectivity index (χ4n) is 6.10. The van der Waals surface area contributed by atoms with Gasteiger partial charge in [-0.15, -0.1) is 0 Å². The van der Waals surface area contributed by atoms with Gasteiger partial charge in [0.15, 0.2) is 0 Å². The molecule has 2 aromatic carbocycles. The molecule has 1 aliphatic carbocycles. The number of aromatic nitrogens is 1. The van der Waals surface area contributed by atoms with E-state index in [2.05, 4.69) is 89.2 Å². The fraction of sp³-hybridized carbons (Fsp3) is 0.333. The molecule has 1 fully saturated rings. The first kappa shape index (κ1) is 22.8. The van der Waals surface area contributed by atoms with Gasteiger partial charge in [0.1, 0.15) is 17.7 Å². The first-order valence-corrected chi connectivity index (χ1v) is 13.0. The maximum atomic E-state index is 6.47. The van der Waals surface area contributed by atoms with E-state index < -0.39 is 0 Å². The summed E-state index contributed by atoms with van der Waals surface area (Å²) in [4.78, 5) is 11.8. The minimum absolute atomic E-state index is 0.192. The third-order valence-electron chi connectivity index (χ3n) is 7.98. The molecule has 3 heterocycles. The van der Waals surface area contributed by atoms with Crippen LogP contribution in [-0.2, 0) is 0 Å². The van der Waals surface area contributed by atoms with Crippen molar-refractivity contribution in [3.63, 3.8) is 0 Å². The molecule has 6 rings (SSSR count). The Kier molecular flexibility index (Phi) is 5.97. The number of benzene rings is 2. The summed E-state index contributed by atoms with van der Waals surface area (Å²) in [6.45, 7) is 3.27. The minimum atomic E-state index is 0.192. The average molecular weight is 479 g/mol. The Labute approximate surface area is 213 Å². The number of nitrogens with one attached hydrogen (secondary N) is 2. The van der Waals surface area contributed by atoms with Crippen LogP contribution in [-0.4, -0.2) is 35.5 Å². The highest BCUT2D eigenvalue weighted by atomic mass is 15.3. The first-order valence-electron chi connectivity index (χ1n) is 13.0. The molecule has 2 aliphatic heterocycles. The minimum Gasteiger partial charge on any atom is -0.382 e. The second-order valence-electron chi connectivity index (χ2n) is 10.3. The Balaban J connectivity index is 1.36. The summed E-state index contributed by atoms with van der Waals surface area (Å²) < 4.78 is 0. The predicted molar refractivity (Wildman–Crippen MR) is 148 cm³/mol.